The number of pyridine rings is 1. The van der Waals surface area contributed by atoms with Crippen molar-refractivity contribution in [1.29, 1.82) is 0 Å². The Labute approximate surface area is 289 Å². The third-order valence-electron chi connectivity index (χ3n) is 11.4. The lowest BCUT2D eigenvalue weighted by molar-refractivity contribution is -0.942. The highest BCUT2D eigenvalue weighted by Crippen LogP contribution is 2.48. The van der Waals surface area contributed by atoms with Crippen molar-refractivity contribution >= 4 is 57.5 Å². The molecule has 4 aromatic rings. The molecule has 0 spiro atoms. The Morgan fingerprint density at radius 2 is 1.79 bits per heavy atom. The number of nitrogens with one attached hydrogen (secondary N) is 1. The van der Waals surface area contributed by atoms with E-state index in [1.165, 1.54) is 0 Å². The molecule has 48 heavy (non-hydrogen) atoms. The largest absolute Gasteiger partial charge is 0.515 e. The molecular formula is C35H42Cl2N7O4+. The molecule has 0 radical (unpaired) electrons. The van der Waals surface area contributed by atoms with Gasteiger partial charge in [-0.1, -0.05) is 47.5 Å². The number of hydrogen-bond acceptors (Lipinski definition) is 7. The average Bonchev–Trinajstić information content (AvgIpc) is 3.44. The summed E-state index contributed by atoms with van der Waals surface area (Å²) in [4.78, 5) is 55.2. The van der Waals surface area contributed by atoms with Crippen LogP contribution in [0.15, 0.2) is 53.5 Å². The number of aldehydes is 1. The highest BCUT2D eigenvalue weighted by molar-refractivity contribution is 6.42. The lowest BCUT2D eigenvalue weighted by atomic mass is 9.82. The van der Waals surface area contributed by atoms with E-state index in [0.29, 0.717) is 53.1 Å². The molecule has 2 aromatic heterocycles. The Morgan fingerprint density at radius 3 is 2.50 bits per heavy atom. The first-order valence-corrected chi connectivity index (χ1v) is 17.6. The fraction of sp³-hybridized carbons (Fsp3) is 0.486. The van der Waals surface area contributed by atoms with Crippen LogP contribution in [0.5, 0.6) is 0 Å². The van der Waals surface area contributed by atoms with Gasteiger partial charge in [0.15, 0.2) is 5.66 Å². The van der Waals surface area contributed by atoms with Gasteiger partial charge in [-0.25, -0.2) is 9.28 Å². The van der Waals surface area contributed by atoms with E-state index in [0.717, 1.165) is 61.8 Å². The number of piperazine rings is 1. The minimum Gasteiger partial charge on any atom is -0.435 e. The van der Waals surface area contributed by atoms with Crippen LogP contribution in [0.3, 0.4) is 0 Å². The van der Waals surface area contributed by atoms with Crippen molar-refractivity contribution in [3.8, 4) is 0 Å². The van der Waals surface area contributed by atoms with Crippen molar-refractivity contribution < 1.29 is 19.2 Å². The topological polar surface area (TPSA) is 115 Å². The summed E-state index contributed by atoms with van der Waals surface area (Å²) in [5, 5.41) is 12.9. The van der Waals surface area contributed by atoms with Crippen LogP contribution >= 0.6 is 23.2 Å². The number of hydrogen-bond donors (Lipinski definition) is 2. The molecule has 2 aromatic carbocycles. The molecule has 3 fully saturated rings. The molecule has 2 unspecified atom stereocenters. The number of carbonyl (C=O) groups excluding carboxylic acids is 1. The number of carbonyl (C=O) groups is 2. The number of para-hydroxylation sites is 1. The maximum Gasteiger partial charge on any atom is 0.515 e. The Bertz CT molecular complexity index is 1900. The predicted molar refractivity (Wildman–Crippen MR) is 187 cm³/mol. The van der Waals surface area contributed by atoms with E-state index in [-0.39, 0.29) is 35.7 Å². The lowest BCUT2D eigenvalue weighted by Gasteiger charge is -2.59. The van der Waals surface area contributed by atoms with Crippen molar-refractivity contribution in [2.45, 2.75) is 56.4 Å². The molecule has 1 amide bonds. The molecule has 0 bridgehead atoms. The molecule has 5 heterocycles. The quantitative estimate of drug-likeness (QED) is 0.200. The van der Waals surface area contributed by atoms with Gasteiger partial charge in [0.05, 0.1) is 51.8 Å². The predicted octanol–water partition coefficient (Wildman–Crippen LogP) is 5.21. The third kappa shape index (κ3) is 5.64. The number of likely N-dealkylation sites (tertiary alicyclic amines) is 2. The Hall–Kier alpha value is -3.32. The molecule has 3 atom stereocenters. The minimum absolute atomic E-state index is 0.00852. The zero-order chi connectivity index (χ0) is 33.6. The van der Waals surface area contributed by atoms with Crippen LogP contribution in [0.1, 0.15) is 43.7 Å². The van der Waals surface area contributed by atoms with Crippen molar-refractivity contribution in [1.82, 2.24) is 29.2 Å². The van der Waals surface area contributed by atoms with Gasteiger partial charge in [0, 0.05) is 69.1 Å². The summed E-state index contributed by atoms with van der Waals surface area (Å²) in [6.07, 6.45) is 4.09. The highest BCUT2D eigenvalue weighted by Gasteiger charge is 2.63. The molecule has 13 heteroatoms. The Balaban J connectivity index is 1.31. The van der Waals surface area contributed by atoms with Crippen LogP contribution in [0, 0.1) is 0 Å². The lowest BCUT2D eigenvalue weighted by Crippen LogP contribution is -2.77. The number of aromatic nitrogens is 3. The number of imidazole rings is 1. The molecule has 3 aliphatic rings. The molecular weight excluding hydrogens is 653 g/mol. The smallest absolute Gasteiger partial charge is 0.435 e. The summed E-state index contributed by atoms with van der Waals surface area (Å²) in [5.74, 6) is 0. The first-order chi connectivity index (χ1) is 23.2. The first-order valence-electron chi connectivity index (χ1n) is 16.8. The molecule has 254 valence electrons. The molecule has 3 aliphatic heterocycles. The van der Waals surface area contributed by atoms with Crippen LogP contribution in [0.25, 0.3) is 21.9 Å². The Morgan fingerprint density at radius 1 is 1.04 bits per heavy atom. The standard InChI is InChI=1S/C35H41Cl2N7O4/c1-40-14-16-41(17-15-40)25-8-12-42(13-9-25)35(11-19-45)21-26(10-18-44(35,34(47)48)23-24-6-7-28(36)29(37)20-24)43-31-22-38-30-5-3-2-4-27(30)32(31)39-33(43)46/h2-7,19-20,22,25-26H,8-18,21,23H2,1H3,(H-,38,39,46,47,48)/p+1/t26?,35?,44-/m0/s1. The molecule has 7 rings (SSSR count). The van der Waals surface area contributed by atoms with Gasteiger partial charge in [-0.3, -0.25) is 19.4 Å². The number of nitrogens with zero attached hydrogens (tertiary/aromatic N) is 6. The zero-order valence-electron chi connectivity index (χ0n) is 27.2. The number of halogens is 2. The maximum absolute atomic E-state index is 13.8. The number of likely N-dealkylation sites (N-methyl/N-ethyl adjacent to an activating group) is 1. The van der Waals surface area contributed by atoms with Crippen molar-refractivity contribution in [2.75, 3.05) is 52.9 Å². The van der Waals surface area contributed by atoms with E-state index < -0.39 is 11.8 Å². The minimum atomic E-state index is -1.12. The second kappa shape index (κ2) is 13.2. The van der Waals surface area contributed by atoms with Gasteiger partial charge in [-0.15, -0.1) is 0 Å². The van der Waals surface area contributed by atoms with Gasteiger partial charge in [0.1, 0.15) is 12.8 Å². The normalized spacial score (nSPS) is 26.7. The summed E-state index contributed by atoms with van der Waals surface area (Å²) in [5.41, 5.74) is 1.51. The number of H-pyrrole nitrogens is 1. The number of benzene rings is 2. The molecule has 0 saturated carbocycles. The number of quaternary nitrogens is 1. The molecule has 2 N–H and O–H groups in total. The van der Waals surface area contributed by atoms with Crippen LogP contribution in [-0.2, 0) is 11.3 Å². The number of carboxylic acid groups (broad SMARTS) is 1. The average molecular weight is 696 g/mol. The second-order valence-electron chi connectivity index (χ2n) is 13.8. The van der Waals surface area contributed by atoms with Crippen molar-refractivity contribution in [3.05, 3.63) is 74.8 Å². The van der Waals surface area contributed by atoms with Gasteiger partial charge in [-0.05, 0) is 38.1 Å². The Kier molecular flexibility index (Phi) is 9.12. The van der Waals surface area contributed by atoms with Crippen molar-refractivity contribution in [3.63, 3.8) is 0 Å². The van der Waals surface area contributed by atoms with Crippen molar-refractivity contribution in [2.24, 2.45) is 0 Å². The fourth-order valence-electron chi connectivity index (χ4n) is 8.81. The molecule has 3 saturated heterocycles. The zero-order valence-corrected chi connectivity index (χ0v) is 28.7. The third-order valence-corrected chi connectivity index (χ3v) is 12.1. The van der Waals surface area contributed by atoms with E-state index in [1.54, 1.807) is 22.9 Å². The van der Waals surface area contributed by atoms with Crippen LogP contribution < -0.4 is 5.69 Å². The number of fused-ring (bicyclic) bond motifs is 3. The molecule has 0 aliphatic carbocycles. The number of aromatic amines is 1. The first kappa shape index (κ1) is 33.2. The maximum atomic E-state index is 13.8. The van der Waals surface area contributed by atoms with Gasteiger partial charge in [-0.2, -0.15) is 4.79 Å². The van der Waals surface area contributed by atoms with Crippen LogP contribution in [0.2, 0.25) is 10.0 Å². The summed E-state index contributed by atoms with van der Waals surface area (Å²) in [6, 6.07) is 13.0. The summed E-state index contributed by atoms with van der Waals surface area (Å²) < 4.78 is 1.39. The van der Waals surface area contributed by atoms with Crippen LogP contribution in [0.4, 0.5) is 4.79 Å². The van der Waals surface area contributed by atoms with Crippen LogP contribution in [-0.4, -0.2) is 116 Å². The van der Waals surface area contributed by atoms with Gasteiger partial charge < -0.3 is 19.8 Å². The highest BCUT2D eigenvalue weighted by atomic mass is 35.5. The van der Waals surface area contributed by atoms with E-state index in [9.17, 15) is 19.5 Å². The SMILES string of the molecule is CN1CCN(C2CCN(C3(CC=O)CC(n4c(=O)[nH]c5c6ccccc6ncc54)CC[N@+]3(Cc3ccc(Cl)c(Cl)c3)C(=O)O)CC2)CC1. The van der Waals surface area contributed by atoms with Gasteiger partial charge in [0.2, 0.25) is 0 Å². The van der Waals surface area contributed by atoms with E-state index in [4.69, 9.17) is 23.2 Å². The summed E-state index contributed by atoms with van der Waals surface area (Å²) >= 11 is 12.7. The van der Waals surface area contributed by atoms with E-state index >= 15 is 0 Å². The van der Waals surface area contributed by atoms with Gasteiger partial charge in [0.25, 0.3) is 0 Å². The summed E-state index contributed by atoms with van der Waals surface area (Å²) in [6.45, 7) is 5.74. The number of amides is 1. The number of piperidine rings is 2. The second-order valence-corrected chi connectivity index (χ2v) is 14.6. The molecule has 11 nitrogen and oxygen atoms in total. The fourth-order valence-corrected chi connectivity index (χ4v) is 9.13. The summed E-state index contributed by atoms with van der Waals surface area (Å²) in [7, 11) is 2.15. The number of rotatable bonds is 7. The monoisotopic (exact) mass is 694 g/mol. The van der Waals surface area contributed by atoms with E-state index in [1.807, 2.05) is 30.3 Å². The van der Waals surface area contributed by atoms with E-state index in [2.05, 4.69) is 31.7 Å². The van der Waals surface area contributed by atoms with Gasteiger partial charge >= 0.3 is 11.8 Å².